The molecule has 0 aliphatic carbocycles. The number of hydrogen-bond donors (Lipinski definition) is 0. The Morgan fingerprint density at radius 3 is 2.77 bits per heavy atom. The van der Waals surface area contributed by atoms with E-state index in [2.05, 4.69) is 9.97 Å². The molecule has 68 valence electrons. The van der Waals surface area contributed by atoms with Crippen LogP contribution in [0.3, 0.4) is 0 Å². The van der Waals surface area contributed by atoms with Gasteiger partial charge in [0.1, 0.15) is 0 Å². The summed E-state index contributed by atoms with van der Waals surface area (Å²) in [6, 6.07) is 0. The first-order valence-electron chi connectivity index (χ1n) is 3.85. The van der Waals surface area contributed by atoms with Gasteiger partial charge in [-0.3, -0.25) is 14.8 Å². The van der Waals surface area contributed by atoms with Crippen molar-refractivity contribution in [3.8, 4) is 0 Å². The Morgan fingerprint density at radius 2 is 2.23 bits per heavy atom. The molecule has 1 heterocycles. The Hall–Kier alpha value is -1.71. The van der Waals surface area contributed by atoms with Crippen LogP contribution in [-0.4, -0.2) is 34.9 Å². The van der Waals surface area contributed by atoms with Crippen molar-refractivity contribution in [2.24, 2.45) is 0 Å². The number of likely N-dealkylation sites (N-methyl/N-ethyl adjacent to an activating group) is 1. The molecule has 1 aromatic rings. The van der Waals surface area contributed by atoms with Gasteiger partial charge in [0.05, 0.1) is 11.9 Å². The molecule has 0 unspecified atom stereocenters. The first kappa shape index (κ1) is 9.38. The maximum Gasteiger partial charge on any atom is 0.246 e. The first-order valence-corrected chi connectivity index (χ1v) is 3.85. The van der Waals surface area contributed by atoms with Gasteiger partial charge in [0.2, 0.25) is 5.91 Å². The third kappa shape index (κ3) is 3.02. The van der Waals surface area contributed by atoms with Crippen molar-refractivity contribution in [2.75, 3.05) is 14.1 Å². The molecule has 4 heteroatoms. The van der Waals surface area contributed by atoms with Crippen LogP contribution < -0.4 is 0 Å². The zero-order chi connectivity index (χ0) is 9.68. The Kier molecular flexibility index (Phi) is 3.14. The lowest BCUT2D eigenvalue weighted by Crippen LogP contribution is -2.18. The van der Waals surface area contributed by atoms with Crippen molar-refractivity contribution in [3.63, 3.8) is 0 Å². The van der Waals surface area contributed by atoms with E-state index in [4.69, 9.17) is 0 Å². The summed E-state index contributed by atoms with van der Waals surface area (Å²) in [5.74, 6) is -0.0642. The second-order valence-corrected chi connectivity index (χ2v) is 2.70. The highest BCUT2D eigenvalue weighted by molar-refractivity contribution is 5.91. The molecule has 0 bridgehead atoms. The number of aromatic nitrogens is 2. The molecule has 0 N–H and O–H groups in total. The van der Waals surface area contributed by atoms with Gasteiger partial charge in [0.25, 0.3) is 0 Å². The standard InChI is InChI=1S/C9H11N3O/c1-12(2)9(13)4-3-8-7-10-5-6-11-8/h3-7H,1-2H3. The zero-order valence-corrected chi connectivity index (χ0v) is 7.64. The SMILES string of the molecule is CN(C)C(=O)C=Cc1cnccn1. The second kappa shape index (κ2) is 4.35. The third-order valence-corrected chi connectivity index (χ3v) is 1.42. The number of carbonyl (C=O) groups is 1. The van der Waals surface area contributed by atoms with E-state index in [0.717, 1.165) is 0 Å². The summed E-state index contributed by atoms with van der Waals surface area (Å²) in [7, 11) is 3.40. The fourth-order valence-electron chi connectivity index (χ4n) is 0.702. The van der Waals surface area contributed by atoms with Gasteiger partial charge in [-0.1, -0.05) is 0 Å². The fourth-order valence-corrected chi connectivity index (χ4v) is 0.702. The monoisotopic (exact) mass is 177 g/mol. The molecule has 0 spiro atoms. The molecule has 1 rings (SSSR count). The van der Waals surface area contributed by atoms with E-state index in [1.165, 1.54) is 11.0 Å². The molecule has 0 aliphatic rings. The molecule has 4 nitrogen and oxygen atoms in total. The van der Waals surface area contributed by atoms with Crippen LogP contribution in [0.5, 0.6) is 0 Å². The largest absolute Gasteiger partial charge is 0.345 e. The van der Waals surface area contributed by atoms with Crippen molar-refractivity contribution in [2.45, 2.75) is 0 Å². The normalized spacial score (nSPS) is 10.3. The van der Waals surface area contributed by atoms with Gasteiger partial charge in [0.15, 0.2) is 0 Å². The summed E-state index contributed by atoms with van der Waals surface area (Å²) in [5.41, 5.74) is 0.678. The van der Waals surface area contributed by atoms with Gasteiger partial charge in [-0.25, -0.2) is 0 Å². The number of amides is 1. The predicted molar refractivity (Wildman–Crippen MR) is 49.8 cm³/mol. The van der Waals surface area contributed by atoms with Crippen LogP contribution in [-0.2, 0) is 4.79 Å². The average Bonchev–Trinajstić information content (AvgIpc) is 2.15. The Balaban J connectivity index is 2.64. The van der Waals surface area contributed by atoms with Crippen LogP contribution in [0.25, 0.3) is 6.08 Å². The molecular formula is C9H11N3O. The lowest BCUT2D eigenvalue weighted by Gasteiger charge is -2.04. The second-order valence-electron chi connectivity index (χ2n) is 2.70. The van der Waals surface area contributed by atoms with Crippen molar-refractivity contribution >= 4 is 12.0 Å². The number of carbonyl (C=O) groups excluding carboxylic acids is 1. The molecule has 13 heavy (non-hydrogen) atoms. The highest BCUT2D eigenvalue weighted by Crippen LogP contribution is 1.94. The summed E-state index contributed by atoms with van der Waals surface area (Å²) in [6.45, 7) is 0. The summed E-state index contributed by atoms with van der Waals surface area (Å²) in [6.07, 6.45) is 7.86. The van der Waals surface area contributed by atoms with E-state index in [-0.39, 0.29) is 5.91 Å². The van der Waals surface area contributed by atoms with Crippen molar-refractivity contribution in [1.29, 1.82) is 0 Å². The summed E-state index contributed by atoms with van der Waals surface area (Å²) < 4.78 is 0. The van der Waals surface area contributed by atoms with Gasteiger partial charge in [-0.15, -0.1) is 0 Å². The van der Waals surface area contributed by atoms with Crippen LogP contribution >= 0.6 is 0 Å². The van der Waals surface area contributed by atoms with E-state index in [1.807, 2.05) is 0 Å². The molecule has 0 saturated carbocycles. The van der Waals surface area contributed by atoms with Crippen molar-refractivity contribution < 1.29 is 4.79 Å². The van der Waals surface area contributed by atoms with E-state index in [0.29, 0.717) is 5.69 Å². The van der Waals surface area contributed by atoms with Crippen LogP contribution in [0.4, 0.5) is 0 Å². The van der Waals surface area contributed by atoms with Crippen LogP contribution in [0, 0.1) is 0 Å². The molecule has 0 radical (unpaired) electrons. The fraction of sp³-hybridized carbons (Fsp3) is 0.222. The highest BCUT2D eigenvalue weighted by Gasteiger charge is 1.96. The van der Waals surface area contributed by atoms with E-state index in [1.54, 1.807) is 38.8 Å². The Morgan fingerprint density at radius 1 is 1.46 bits per heavy atom. The summed E-state index contributed by atoms with van der Waals surface area (Å²) >= 11 is 0. The molecule has 0 fully saturated rings. The number of rotatable bonds is 2. The molecular weight excluding hydrogens is 166 g/mol. The minimum Gasteiger partial charge on any atom is -0.345 e. The van der Waals surface area contributed by atoms with Crippen LogP contribution in [0.15, 0.2) is 24.7 Å². The van der Waals surface area contributed by atoms with Gasteiger partial charge in [-0.05, 0) is 6.08 Å². The van der Waals surface area contributed by atoms with E-state index >= 15 is 0 Å². The smallest absolute Gasteiger partial charge is 0.246 e. The number of nitrogens with zero attached hydrogens (tertiary/aromatic N) is 3. The van der Waals surface area contributed by atoms with Gasteiger partial charge < -0.3 is 4.90 Å². The lowest BCUT2D eigenvalue weighted by molar-refractivity contribution is -0.123. The first-order chi connectivity index (χ1) is 6.20. The highest BCUT2D eigenvalue weighted by atomic mass is 16.2. The number of hydrogen-bond acceptors (Lipinski definition) is 3. The maximum atomic E-state index is 11.1. The summed E-state index contributed by atoms with van der Waals surface area (Å²) in [5, 5.41) is 0. The molecule has 1 amide bonds. The molecule has 0 atom stereocenters. The maximum absolute atomic E-state index is 11.1. The minimum atomic E-state index is -0.0642. The molecule has 0 aromatic carbocycles. The predicted octanol–water partition coefficient (Wildman–Crippen LogP) is 0.578. The molecule has 0 aliphatic heterocycles. The Bertz CT molecular complexity index is 306. The molecule has 1 aromatic heterocycles. The Labute approximate surface area is 76.9 Å². The van der Waals surface area contributed by atoms with Gasteiger partial charge in [0, 0.05) is 32.6 Å². The van der Waals surface area contributed by atoms with Gasteiger partial charge >= 0.3 is 0 Å². The minimum absolute atomic E-state index is 0.0642. The van der Waals surface area contributed by atoms with Crippen LogP contribution in [0.1, 0.15) is 5.69 Å². The van der Waals surface area contributed by atoms with Gasteiger partial charge in [-0.2, -0.15) is 0 Å². The third-order valence-electron chi connectivity index (χ3n) is 1.42. The van der Waals surface area contributed by atoms with Crippen molar-refractivity contribution in [3.05, 3.63) is 30.4 Å². The topological polar surface area (TPSA) is 46.1 Å². The summed E-state index contributed by atoms with van der Waals surface area (Å²) in [4.78, 5) is 20.5. The zero-order valence-electron chi connectivity index (χ0n) is 7.64. The van der Waals surface area contributed by atoms with Crippen LogP contribution in [0.2, 0.25) is 0 Å². The van der Waals surface area contributed by atoms with Crippen molar-refractivity contribution in [1.82, 2.24) is 14.9 Å². The lowest BCUT2D eigenvalue weighted by atomic mass is 10.4. The van der Waals surface area contributed by atoms with E-state index in [9.17, 15) is 4.79 Å². The quantitative estimate of drug-likeness (QED) is 0.621. The average molecular weight is 177 g/mol. The molecule has 0 saturated heterocycles. The van der Waals surface area contributed by atoms with E-state index < -0.39 is 0 Å².